The average Bonchev–Trinajstić information content (AvgIpc) is 2.96. The zero-order chi connectivity index (χ0) is 13.0. The first-order valence-corrected chi connectivity index (χ1v) is 6.78. The summed E-state index contributed by atoms with van der Waals surface area (Å²) in [7, 11) is 0. The topological polar surface area (TPSA) is 54.4 Å². The number of oxime groups is 1. The van der Waals surface area contributed by atoms with Crippen molar-refractivity contribution in [2.75, 3.05) is 6.61 Å². The highest BCUT2D eigenvalue weighted by atomic mass is 32.1. The highest BCUT2D eigenvalue weighted by Gasteiger charge is 1.99. The minimum absolute atomic E-state index is 0.0262. The van der Waals surface area contributed by atoms with E-state index >= 15 is 0 Å². The van der Waals surface area contributed by atoms with Gasteiger partial charge in [0.05, 0.1) is 15.9 Å². The van der Waals surface area contributed by atoms with E-state index in [-0.39, 0.29) is 4.87 Å². The van der Waals surface area contributed by atoms with E-state index in [1.54, 1.807) is 0 Å². The van der Waals surface area contributed by atoms with Crippen molar-refractivity contribution < 1.29 is 4.84 Å². The van der Waals surface area contributed by atoms with Crippen molar-refractivity contribution in [3.05, 3.63) is 33.4 Å². The molecule has 0 atom stereocenters. The zero-order valence-electron chi connectivity index (χ0n) is 10.5. The smallest absolute Gasteiger partial charge is 0.305 e. The summed E-state index contributed by atoms with van der Waals surface area (Å²) in [6.07, 6.45) is 2.02. The van der Waals surface area contributed by atoms with E-state index in [1.807, 2.05) is 19.1 Å². The van der Waals surface area contributed by atoms with Crippen molar-refractivity contribution in [2.45, 2.75) is 26.7 Å². The molecule has 2 heterocycles. The van der Waals surface area contributed by atoms with Gasteiger partial charge in [-0.05, 0) is 31.0 Å². The van der Waals surface area contributed by atoms with Gasteiger partial charge in [-0.3, -0.25) is 4.79 Å². The fraction of sp³-hybridized carbons (Fsp3) is 0.385. The minimum Gasteiger partial charge on any atom is -0.395 e. The molecule has 0 amide bonds. The number of aromatic amines is 1. The molecule has 4 nitrogen and oxygen atoms in total. The number of rotatable bonds is 1. The van der Waals surface area contributed by atoms with Crippen LogP contribution in [0.1, 0.15) is 25.8 Å². The van der Waals surface area contributed by atoms with Crippen molar-refractivity contribution in [1.29, 1.82) is 0 Å². The summed E-state index contributed by atoms with van der Waals surface area (Å²) in [6.45, 7) is 4.85. The second kappa shape index (κ2) is 5.82. The highest BCUT2D eigenvalue weighted by Crippen LogP contribution is 2.15. The molecule has 18 heavy (non-hydrogen) atoms. The molecule has 3 rings (SSSR count). The second-order valence-corrected chi connectivity index (χ2v) is 5.12. The fourth-order valence-corrected chi connectivity index (χ4v) is 2.33. The lowest BCUT2D eigenvalue weighted by atomic mass is 10.2. The van der Waals surface area contributed by atoms with Crippen molar-refractivity contribution in [3.8, 4) is 0 Å². The van der Waals surface area contributed by atoms with Crippen LogP contribution in [0.3, 0.4) is 0 Å². The van der Waals surface area contributed by atoms with Crippen molar-refractivity contribution in [2.24, 2.45) is 5.16 Å². The van der Waals surface area contributed by atoms with E-state index in [0.29, 0.717) is 0 Å². The molecule has 0 spiro atoms. The van der Waals surface area contributed by atoms with Gasteiger partial charge in [0, 0.05) is 6.42 Å². The van der Waals surface area contributed by atoms with Crippen LogP contribution in [0.25, 0.3) is 10.2 Å². The lowest BCUT2D eigenvalue weighted by molar-refractivity contribution is 0.173. The summed E-state index contributed by atoms with van der Waals surface area (Å²) in [5.41, 5.74) is 3.33. The normalized spacial score (nSPS) is 13.8. The lowest BCUT2D eigenvalue weighted by Crippen LogP contribution is -1.89. The number of benzene rings is 1. The highest BCUT2D eigenvalue weighted by molar-refractivity contribution is 7.16. The molecule has 5 heteroatoms. The molecule has 1 aliphatic heterocycles. The SMILES string of the molecule is CC1=NOCC1.CCc1ccc2sc(=O)[nH]c2c1. The Morgan fingerprint density at radius 2 is 2.33 bits per heavy atom. The minimum atomic E-state index is 0.0262. The molecule has 0 saturated heterocycles. The third kappa shape index (κ3) is 3.20. The molecule has 0 radical (unpaired) electrons. The van der Waals surface area contributed by atoms with Crippen LogP contribution in [0.15, 0.2) is 28.1 Å². The van der Waals surface area contributed by atoms with Gasteiger partial charge in [-0.25, -0.2) is 0 Å². The van der Waals surface area contributed by atoms with E-state index in [9.17, 15) is 4.79 Å². The second-order valence-electron chi connectivity index (χ2n) is 4.11. The molecule has 0 bridgehead atoms. The molecular weight excluding hydrogens is 248 g/mol. The van der Waals surface area contributed by atoms with Gasteiger partial charge in [-0.1, -0.05) is 29.5 Å². The Morgan fingerprint density at radius 3 is 2.89 bits per heavy atom. The largest absolute Gasteiger partial charge is 0.395 e. The van der Waals surface area contributed by atoms with Crippen molar-refractivity contribution in [1.82, 2.24) is 4.98 Å². The van der Waals surface area contributed by atoms with Crippen LogP contribution in [0.5, 0.6) is 0 Å². The maximum Gasteiger partial charge on any atom is 0.305 e. The van der Waals surface area contributed by atoms with Gasteiger partial charge in [0.15, 0.2) is 0 Å². The van der Waals surface area contributed by atoms with Gasteiger partial charge in [0.2, 0.25) is 0 Å². The summed E-state index contributed by atoms with van der Waals surface area (Å²) in [5, 5.41) is 3.65. The third-order valence-corrected chi connectivity index (χ3v) is 3.53. The summed E-state index contributed by atoms with van der Waals surface area (Å²) in [6, 6.07) is 6.09. The summed E-state index contributed by atoms with van der Waals surface area (Å²) < 4.78 is 1.04. The third-order valence-electron chi connectivity index (χ3n) is 2.67. The van der Waals surface area contributed by atoms with Crippen LogP contribution in [0.4, 0.5) is 0 Å². The zero-order valence-corrected chi connectivity index (χ0v) is 11.3. The molecule has 0 aliphatic carbocycles. The number of aromatic nitrogens is 1. The molecule has 0 fully saturated rings. The fourth-order valence-electron chi connectivity index (χ4n) is 1.61. The number of nitrogens with zero attached hydrogens (tertiary/aromatic N) is 1. The number of thiazole rings is 1. The quantitative estimate of drug-likeness (QED) is 0.861. The van der Waals surface area contributed by atoms with E-state index in [1.165, 1.54) is 16.9 Å². The Morgan fingerprint density at radius 1 is 1.50 bits per heavy atom. The number of hydrogen-bond acceptors (Lipinski definition) is 4. The Kier molecular flexibility index (Phi) is 4.15. The van der Waals surface area contributed by atoms with E-state index in [4.69, 9.17) is 0 Å². The van der Waals surface area contributed by atoms with Gasteiger partial charge in [0.25, 0.3) is 0 Å². The number of fused-ring (bicyclic) bond motifs is 1. The summed E-state index contributed by atoms with van der Waals surface area (Å²) in [4.78, 5) is 18.4. The molecular formula is C13H16N2O2S. The van der Waals surface area contributed by atoms with Crippen LogP contribution >= 0.6 is 11.3 Å². The molecule has 1 aromatic carbocycles. The van der Waals surface area contributed by atoms with Crippen LogP contribution in [0, 0.1) is 0 Å². The molecule has 96 valence electrons. The Balaban J connectivity index is 0.000000169. The molecule has 2 aromatic rings. The van der Waals surface area contributed by atoms with Gasteiger partial charge in [-0.2, -0.15) is 0 Å². The summed E-state index contributed by atoms with van der Waals surface area (Å²) in [5.74, 6) is 0. The molecule has 1 N–H and O–H groups in total. The molecule has 1 aliphatic rings. The predicted molar refractivity (Wildman–Crippen MR) is 75.5 cm³/mol. The summed E-state index contributed by atoms with van der Waals surface area (Å²) >= 11 is 1.26. The Labute approximate surface area is 109 Å². The Bertz CT molecular complexity index is 613. The monoisotopic (exact) mass is 264 g/mol. The number of hydrogen-bond donors (Lipinski definition) is 1. The van der Waals surface area contributed by atoms with Gasteiger partial charge in [0.1, 0.15) is 6.61 Å². The number of nitrogens with one attached hydrogen (secondary N) is 1. The van der Waals surface area contributed by atoms with Crippen LogP contribution in [0.2, 0.25) is 0 Å². The first-order chi connectivity index (χ1) is 8.69. The first kappa shape index (κ1) is 12.8. The van der Waals surface area contributed by atoms with Crippen molar-refractivity contribution >= 4 is 27.3 Å². The van der Waals surface area contributed by atoms with Gasteiger partial charge < -0.3 is 9.82 Å². The predicted octanol–water partition coefficient (Wildman–Crippen LogP) is 2.93. The maximum atomic E-state index is 11.0. The van der Waals surface area contributed by atoms with Crippen LogP contribution in [-0.4, -0.2) is 17.3 Å². The lowest BCUT2D eigenvalue weighted by Gasteiger charge is -1.93. The molecule has 0 saturated carbocycles. The molecule has 0 unspecified atom stereocenters. The molecule has 1 aromatic heterocycles. The number of H-pyrrole nitrogens is 1. The number of aryl methyl sites for hydroxylation is 1. The van der Waals surface area contributed by atoms with E-state index < -0.39 is 0 Å². The Hall–Kier alpha value is -1.62. The van der Waals surface area contributed by atoms with Crippen molar-refractivity contribution in [3.63, 3.8) is 0 Å². The van der Waals surface area contributed by atoms with Crippen LogP contribution < -0.4 is 4.87 Å². The van der Waals surface area contributed by atoms with Gasteiger partial charge in [-0.15, -0.1) is 0 Å². The first-order valence-electron chi connectivity index (χ1n) is 5.96. The van der Waals surface area contributed by atoms with E-state index in [2.05, 4.69) is 28.0 Å². The van der Waals surface area contributed by atoms with Crippen LogP contribution in [-0.2, 0) is 11.3 Å². The standard InChI is InChI=1S/C9H9NOS.C4H7NO/c1-2-6-3-4-8-7(5-6)10-9(11)12-8;1-4-2-3-6-5-4/h3-5H,2H2,1H3,(H,10,11);2-3H2,1H3. The maximum absolute atomic E-state index is 11.0. The average molecular weight is 264 g/mol. The van der Waals surface area contributed by atoms with Gasteiger partial charge >= 0.3 is 4.87 Å². The van der Waals surface area contributed by atoms with E-state index in [0.717, 1.165) is 35.4 Å².